The molecule has 0 saturated carbocycles. The van der Waals surface area contributed by atoms with Gasteiger partial charge in [-0.15, -0.1) is 0 Å². The summed E-state index contributed by atoms with van der Waals surface area (Å²) in [7, 11) is 3.07. The smallest absolute Gasteiger partial charge is 0.321 e. The average Bonchev–Trinajstić information content (AvgIpc) is 2.78. The van der Waals surface area contributed by atoms with E-state index in [4.69, 9.17) is 9.47 Å². The number of piperazine rings is 1. The monoisotopic (exact) mass is 411 g/mol. The first kappa shape index (κ1) is 21.2. The van der Waals surface area contributed by atoms with Crippen molar-refractivity contribution in [2.24, 2.45) is 0 Å². The molecule has 0 atom stereocenters. The molecule has 3 amide bonds. The number of hydrogen-bond donors (Lipinski definition) is 1. The number of carbonyl (C=O) groups excluding carboxylic acids is 3. The van der Waals surface area contributed by atoms with Crippen molar-refractivity contribution in [1.29, 1.82) is 0 Å². The summed E-state index contributed by atoms with van der Waals surface area (Å²) in [4.78, 5) is 40.3. The van der Waals surface area contributed by atoms with Crippen molar-refractivity contribution in [1.82, 2.24) is 9.80 Å². The van der Waals surface area contributed by atoms with E-state index in [9.17, 15) is 14.4 Å². The summed E-state index contributed by atoms with van der Waals surface area (Å²) in [5.74, 6) is 0.890. The fourth-order valence-electron chi connectivity index (χ4n) is 3.24. The number of urea groups is 1. The molecule has 3 rings (SSSR count). The van der Waals surface area contributed by atoms with Gasteiger partial charge in [0.2, 0.25) is 0 Å². The molecule has 1 saturated heterocycles. The van der Waals surface area contributed by atoms with E-state index < -0.39 is 0 Å². The number of methoxy groups -OCH3 is 2. The molecule has 1 N–H and O–H groups in total. The molecule has 0 aromatic heterocycles. The third kappa shape index (κ3) is 4.89. The van der Waals surface area contributed by atoms with E-state index in [1.165, 1.54) is 21.1 Å². The van der Waals surface area contributed by atoms with Crippen molar-refractivity contribution in [3.63, 3.8) is 0 Å². The topological polar surface area (TPSA) is 88.2 Å². The zero-order valence-electron chi connectivity index (χ0n) is 17.3. The highest BCUT2D eigenvalue weighted by Crippen LogP contribution is 2.24. The summed E-state index contributed by atoms with van der Waals surface area (Å²) in [6.45, 7) is 3.13. The van der Waals surface area contributed by atoms with Gasteiger partial charge in [-0.05, 0) is 31.2 Å². The number of nitrogens with zero attached hydrogens (tertiary/aromatic N) is 2. The normalized spacial score (nSPS) is 13.6. The van der Waals surface area contributed by atoms with Crippen molar-refractivity contribution in [2.45, 2.75) is 6.92 Å². The quantitative estimate of drug-likeness (QED) is 0.765. The van der Waals surface area contributed by atoms with Gasteiger partial charge in [-0.25, -0.2) is 4.79 Å². The second kappa shape index (κ2) is 9.30. The van der Waals surface area contributed by atoms with E-state index in [-0.39, 0.29) is 17.7 Å². The predicted octanol–water partition coefficient (Wildman–Crippen LogP) is 2.90. The van der Waals surface area contributed by atoms with Gasteiger partial charge in [0, 0.05) is 49.1 Å². The Balaban J connectivity index is 1.60. The first-order valence-corrected chi connectivity index (χ1v) is 9.60. The summed E-state index contributed by atoms with van der Waals surface area (Å²) in [6, 6.07) is 11.6. The van der Waals surface area contributed by atoms with Gasteiger partial charge in [0.25, 0.3) is 5.91 Å². The minimum Gasteiger partial charge on any atom is -0.497 e. The minimum atomic E-state index is -0.258. The van der Waals surface area contributed by atoms with Gasteiger partial charge >= 0.3 is 6.03 Å². The predicted molar refractivity (Wildman–Crippen MR) is 112 cm³/mol. The molecule has 1 heterocycles. The van der Waals surface area contributed by atoms with Crippen LogP contribution in [0.15, 0.2) is 42.5 Å². The van der Waals surface area contributed by atoms with Crippen molar-refractivity contribution in [3.05, 3.63) is 53.6 Å². The molecule has 2 aromatic rings. The molecule has 0 unspecified atom stereocenters. The second-order valence-electron chi connectivity index (χ2n) is 6.95. The first-order chi connectivity index (χ1) is 14.4. The molecule has 0 bridgehead atoms. The van der Waals surface area contributed by atoms with Gasteiger partial charge in [0.1, 0.15) is 11.5 Å². The Morgan fingerprint density at radius 1 is 0.833 bits per heavy atom. The number of carbonyl (C=O) groups is 3. The van der Waals surface area contributed by atoms with Gasteiger partial charge in [0.15, 0.2) is 5.78 Å². The highest BCUT2D eigenvalue weighted by atomic mass is 16.5. The summed E-state index contributed by atoms with van der Waals surface area (Å²) < 4.78 is 10.5. The fraction of sp³-hybridized carbons (Fsp3) is 0.318. The lowest BCUT2D eigenvalue weighted by Crippen LogP contribution is -2.51. The molecule has 158 valence electrons. The fourth-order valence-corrected chi connectivity index (χ4v) is 3.24. The summed E-state index contributed by atoms with van der Waals surface area (Å²) >= 11 is 0. The average molecular weight is 411 g/mol. The molecule has 8 heteroatoms. The molecule has 1 fully saturated rings. The molecule has 1 aliphatic heterocycles. The van der Waals surface area contributed by atoms with Crippen molar-refractivity contribution >= 4 is 23.4 Å². The molecule has 0 radical (unpaired) electrons. The molecular formula is C22H25N3O5. The Bertz CT molecular complexity index is 929. The van der Waals surface area contributed by atoms with E-state index >= 15 is 0 Å². The van der Waals surface area contributed by atoms with Crippen LogP contribution in [0.5, 0.6) is 11.5 Å². The zero-order chi connectivity index (χ0) is 21.7. The zero-order valence-corrected chi connectivity index (χ0v) is 17.3. The van der Waals surface area contributed by atoms with Crippen LogP contribution in [-0.2, 0) is 0 Å². The maximum atomic E-state index is 12.9. The Hall–Kier alpha value is -3.55. The van der Waals surface area contributed by atoms with Crippen molar-refractivity contribution < 1.29 is 23.9 Å². The van der Waals surface area contributed by atoms with Crippen LogP contribution in [0.4, 0.5) is 10.5 Å². The van der Waals surface area contributed by atoms with Crippen LogP contribution < -0.4 is 14.8 Å². The Morgan fingerprint density at radius 2 is 1.43 bits per heavy atom. The van der Waals surface area contributed by atoms with Gasteiger partial charge in [-0.2, -0.15) is 0 Å². The number of benzene rings is 2. The van der Waals surface area contributed by atoms with E-state index in [1.54, 1.807) is 52.3 Å². The molecule has 1 aliphatic rings. The number of nitrogens with one attached hydrogen (secondary N) is 1. The summed E-state index contributed by atoms with van der Waals surface area (Å²) in [6.07, 6.45) is 0. The SMILES string of the molecule is COc1cc(OC)cc(C(=O)N2CCN(C(=O)Nc3cccc(C(C)=O)c3)CC2)c1. The number of Topliss-reactive ketones (excluding diaryl/α,β-unsaturated/α-hetero) is 1. The molecule has 0 aliphatic carbocycles. The van der Waals surface area contributed by atoms with E-state index in [1.807, 2.05) is 0 Å². The molecule has 2 aromatic carbocycles. The number of anilines is 1. The Labute approximate surface area is 175 Å². The highest BCUT2D eigenvalue weighted by Gasteiger charge is 2.25. The largest absolute Gasteiger partial charge is 0.497 e. The Morgan fingerprint density at radius 3 is 2.00 bits per heavy atom. The van der Waals surface area contributed by atoms with E-state index in [0.29, 0.717) is 54.5 Å². The van der Waals surface area contributed by atoms with Crippen LogP contribution in [-0.4, -0.2) is 67.9 Å². The van der Waals surface area contributed by atoms with Crippen LogP contribution in [0.3, 0.4) is 0 Å². The number of hydrogen-bond acceptors (Lipinski definition) is 5. The third-order valence-electron chi connectivity index (χ3n) is 4.97. The van der Waals surface area contributed by atoms with Crippen LogP contribution in [0.2, 0.25) is 0 Å². The first-order valence-electron chi connectivity index (χ1n) is 9.60. The maximum absolute atomic E-state index is 12.9. The lowest BCUT2D eigenvalue weighted by molar-refractivity contribution is 0.0671. The van der Waals surface area contributed by atoms with Crippen LogP contribution in [0.1, 0.15) is 27.6 Å². The standard InChI is InChI=1S/C22H25N3O5/c1-15(26)16-5-4-6-18(11-16)23-22(28)25-9-7-24(8-10-25)21(27)17-12-19(29-2)14-20(13-17)30-3/h4-6,11-14H,7-10H2,1-3H3,(H,23,28). The lowest BCUT2D eigenvalue weighted by Gasteiger charge is -2.34. The van der Waals surface area contributed by atoms with Gasteiger partial charge in [-0.1, -0.05) is 12.1 Å². The van der Waals surface area contributed by atoms with Crippen LogP contribution >= 0.6 is 0 Å². The van der Waals surface area contributed by atoms with Crippen molar-refractivity contribution in [3.8, 4) is 11.5 Å². The highest BCUT2D eigenvalue weighted by molar-refractivity contribution is 5.97. The molecule has 30 heavy (non-hydrogen) atoms. The van der Waals surface area contributed by atoms with Gasteiger partial charge < -0.3 is 24.6 Å². The number of rotatable bonds is 5. The van der Waals surface area contributed by atoms with Gasteiger partial charge in [-0.3, -0.25) is 9.59 Å². The second-order valence-corrected chi connectivity index (χ2v) is 6.95. The summed E-state index contributed by atoms with van der Waals surface area (Å²) in [5, 5.41) is 2.81. The molecule has 0 spiro atoms. The van der Waals surface area contributed by atoms with Gasteiger partial charge in [0.05, 0.1) is 14.2 Å². The number of ether oxygens (including phenoxy) is 2. The molecular weight excluding hydrogens is 386 g/mol. The molecule has 8 nitrogen and oxygen atoms in total. The minimum absolute atomic E-state index is 0.0626. The third-order valence-corrected chi connectivity index (χ3v) is 4.97. The van der Waals surface area contributed by atoms with Crippen LogP contribution in [0, 0.1) is 0 Å². The number of amides is 3. The van der Waals surface area contributed by atoms with E-state index in [2.05, 4.69) is 5.32 Å². The number of ketones is 1. The Kier molecular flexibility index (Phi) is 6.56. The lowest BCUT2D eigenvalue weighted by atomic mass is 10.1. The van der Waals surface area contributed by atoms with Crippen LogP contribution in [0.25, 0.3) is 0 Å². The van der Waals surface area contributed by atoms with E-state index in [0.717, 1.165) is 0 Å². The van der Waals surface area contributed by atoms with Crippen molar-refractivity contribution in [2.75, 3.05) is 45.7 Å². The maximum Gasteiger partial charge on any atom is 0.321 e. The summed E-state index contributed by atoms with van der Waals surface area (Å²) in [5.41, 5.74) is 1.58.